The maximum Gasteiger partial charge on any atom is 0.298 e. The largest absolute Gasteiger partial charge is 0.298 e. The fourth-order valence-corrected chi connectivity index (χ4v) is 3.26. The molecule has 2 aromatic rings. The number of nitrogens with zero attached hydrogens (tertiary/aromatic N) is 1. The van der Waals surface area contributed by atoms with Gasteiger partial charge in [0.15, 0.2) is 0 Å². The van der Waals surface area contributed by atoms with Crippen LogP contribution in [0.2, 0.25) is 0 Å². The molecule has 22 heavy (non-hydrogen) atoms. The SMILES string of the molecule is O=C1S/C(=C\c2ccc(F)c(Br)c2)C(=O)N1c1ccccc1. The van der Waals surface area contributed by atoms with E-state index in [1.807, 2.05) is 6.07 Å². The molecule has 1 fully saturated rings. The van der Waals surface area contributed by atoms with Crippen LogP contribution in [0.15, 0.2) is 57.9 Å². The highest BCUT2D eigenvalue weighted by Gasteiger charge is 2.36. The molecule has 0 saturated carbocycles. The van der Waals surface area contributed by atoms with Gasteiger partial charge in [-0.3, -0.25) is 9.59 Å². The van der Waals surface area contributed by atoms with Crippen molar-refractivity contribution in [1.82, 2.24) is 0 Å². The summed E-state index contributed by atoms with van der Waals surface area (Å²) in [5, 5.41) is -0.344. The van der Waals surface area contributed by atoms with E-state index in [0.29, 0.717) is 20.6 Å². The monoisotopic (exact) mass is 377 g/mol. The Balaban J connectivity index is 1.93. The number of para-hydroxylation sites is 1. The van der Waals surface area contributed by atoms with Crippen LogP contribution in [-0.2, 0) is 4.79 Å². The summed E-state index contributed by atoms with van der Waals surface area (Å²) in [6.45, 7) is 0. The smallest absolute Gasteiger partial charge is 0.268 e. The molecule has 0 aromatic heterocycles. The summed E-state index contributed by atoms with van der Waals surface area (Å²) in [6, 6.07) is 13.2. The van der Waals surface area contributed by atoms with Crippen molar-refractivity contribution in [2.75, 3.05) is 4.90 Å². The molecule has 1 aliphatic rings. The maximum atomic E-state index is 13.2. The van der Waals surface area contributed by atoms with Crippen LogP contribution in [0.4, 0.5) is 14.9 Å². The first-order valence-electron chi connectivity index (χ1n) is 6.34. The molecule has 2 amide bonds. The molecule has 0 unspecified atom stereocenters. The maximum absolute atomic E-state index is 13.2. The summed E-state index contributed by atoms with van der Waals surface area (Å²) in [5.74, 6) is -0.754. The number of halogens is 2. The highest BCUT2D eigenvalue weighted by Crippen LogP contribution is 2.35. The highest BCUT2D eigenvalue weighted by molar-refractivity contribution is 9.10. The molecule has 1 heterocycles. The third-order valence-electron chi connectivity index (χ3n) is 3.05. The van der Waals surface area contributed by atoms with Gasteiger partial charge in [-0.15, -0.1) is 0 Å². The Morgan fingerprint density at radius 1 is 1.09 bits per heavy atom. The number of benzene rings is 2. The van der Waals surface area contributed by atoms with Crippen molar-refractivity contribution in [3.8, 4) is 0 Å². The van der Waals surface area contributed by atoms with Crippen LogP contribution in [0.3, 0.4) is 0 Å². The zero-order valence-electron chi connectivity index (χ0n) is 11.1. The fourth-order valence-electron chi connectivity index (χ4n) is 2.02. The lowest BCUT2D eigenvalue weighted by Gasteiger charge is -2.11. The minimum atomic E-state index is -0.380. The van der Waals surface area contributed by atoms with Crippen LogP contribution in [0, 0.1) is 5.82 Å². The molecule has 6 heteroatoms. The first kappa shape index (κ1) is 15.0. The lowest BCUT2D eigenvalue weighted by molar-refractivity contribution is -0.113. The van der Waals surface area contributed by atoms with Crippen molar-refractivity contribution >= 4 is 50.6 Å². The van der Waals surface area contributed by atoms with Crippen LogP contribution < -0.4 is 4.90 Å². The molecule has 0 radical (unpaired) electrons. The van der Waals surface area contributed by atoms with Crippen LogP contribution >= 0.6 is 27.7 Å². The summed E-state index contributed by atoms with van der Waals surface area (Å²) in [6.07, 6.45) is 1.58. The van der Waals surface area contributed by atoms with Gasteiger partial charge in [0.2, 0.25) is 0 Å². The number of anilines is 1. The molecular weight excluding hydrogens is 369 g/mol. The van der Waals surface area contributed by atoms with Gasteiger partial charge in [0.25, 0.3) is 11.1 Å². The van der Waals surface area contributed by atoms with E-state index in [1.54, 1.807) is 42.5 Å². The predicted molar refractivity (Wildman–Crippen MR) is 89.0 cm³/mol. The molecule has 3 nitrogen and oxygen atoms in total. The van der Waals surface area contributed by atoms with Gasteiger partial charge < -0.3 is 0 Å². The van der Waals surface area contributed by atoms with Crippen LogP contribution in [0.25, 0.3) is 6.08 Å². The van der Waals surface area contributed by atoms with Crippen LogP contribution in [0.5, 0.6) is 0 Å². The van der Waals surface area contributed by atoms with Gasteiger partial charge >= 0.3 is 0 Å². The third-order valence-corrected chi connectivity index (χ3v) is 4.53. The molecule has 110 valence electrons. The van der Waals surface area contributed by atoms with E-state index in [1.165, 1.54) is 6.07 Å². The zero-order chi connectivity index (χ0) is 15.7. The van der Waals surface area contributed by atoms with Crippen molar-refractivity contribution in [2.24, 2.45) is 0 Å². The third kappa shape index (κ3) is 2.84. The number of amides is 2. The quantitative estimate of drug-likeness (QED) is 0.703. The van der Waals surface area contributed by atoms with Gasteiger partial charge in [0, 0.05) is 0 Å². The molecule has 0 atom stereocenters. The number of carbonyl (C=O) groups excluding carboxylic acids is 2. The Bertz CT molecular complexity index is 792. The molecular formula is C16H9BrFNO2S. The fraction of sp³-hybridized carbons (Fsp3) is 0. The molecule has 2 aromatic carbocycles. The van der Waals surface area contributed by atoms with E-state index in [2.05, 4.69) is 15.9 Å². The average molecular weight is 378 g/mol. The Kier molecular flexibility index (Phi) is 4.13. The van der Waals surface area contributed by atoms with Gasteiger partial charge in [-0.2, -0.15) is 0 Å². The van der Waals surface area contributed by atoms with E-state index in [4.69, 9.17) is 0 Å². The highest BCUT2D eigenvalue weighted by atomic mass is 79.9. The van der Waals surface area contributed by atoms with Crippen molar-refractivity contribution in [2.45, 2.75) is 0 Å². The Morgan fingerprint density at radius 3 is 2.50 bits per heavy atom. The minimum absolute atomic E-state index is 0.309. The van der Waals surface area contributed by atoms with Gasteiger partial charge in [-0.05, 0) is 63.6 Å². The van der Waals surface area contributed by atoms with Crippen molar-refractivity contribution in [1.29, 1.82) is 0 Å². The number of thioether (sulfide) groups is 1. The number of rotatable bonds is 2. The van der Waals surface area contributed by atoms with Gasteiger partial charge in [-0.1, -0.05) is 24.3 Å². The minimum Gasteiger partial charge on any atom is -0.268 e. The van der Waals surface area contributed by atoms with E-state index in [-0.39, 0.29) is 17.0 Å². The molecule has 0 bridgehead atoms. The van der Waals surface area contributed by atoms with Crippen molar-refractivity contribution in [3.63, 3.8) is 0 Å². The molecule has 0 N–H and O–H groups in total. The van der Waals surface area contributed by atoms with E-state index in [9.17, 15) is 14.0 Å². The van der Waals surface area contributed by atoms with Gasteiger partial charge in [0.05, 0.1) is 15.1 Å². The molecule has 0 spiro atoms. The number of imide groups is 1. The second-order valence-corrected chi connectivity index (χ2v) is 6.37. The Hall–Kier alpha value is -1.92. The van der Waals surface area contributed by atoms with Gasteiger partial charge in [-0.25, -0.2) is 9.29 Å². The van der Waals surface area contributed by atoms with Crippen LogP contribution in [0.1, 0.15) is 5.56 Å². The summed E-state index contributed by atoms with van der Waals surface area (Å²) in [5.41, 5.74) is 1.18. The first-order chi connectivity index (χ1) is 10.6. The standard InChI is InChI=1S/C16H9BrFNO2S/c17-12-8-10(6-7-13(12)18)9-14-15(20)19(16(21)22-14)11-4-2-1-3-5-11/h1-9H/b14-9-. The van der Waals surface area contributed by atoms with Crippen molar-refractivity contribution in [3.05, 3.63) is 69.3 Å². The summed E-state index contributed by atoms with van der Waals surface area (Å²) < 4.78 is 13.5. The molecule has 1 saturated heterocycles. The normalized spacial score (nSPS) is 16.6. The molecule has 1 aliphatic heterocycles. The van der Waals surface area contributed by atoms with E-state index < -0.39 is 0 Å². The lowest BCUT2D eigenvalue weighted by Crippen LogP contribution is -2.27. The van der Waals surface area contributed by atoms with Crippen LogP contribution in [-0.4, -0.2) is 11.1 Å². The first-order valence-corrected chi connectivity index (χ1v) is 7.95. The zero-order valence-corrected chi connectivity index (χ0v) is 13.5. The van der Waals surface area contributed by atoms with Crippen molar-refractivity contribution < 1.29 is 14.0 Å². The predicted octanol–water partition coefficient (Wildman–Crippen LogP) is 4.83. The molecule has 0 aliphatic carbocycles. The number of hydrogen-bond acceptors (Lipinski definition) is 3. The number of carbonyl (C=O) groups is 2. The Labute approximate surface area is 138 Å². The van der Waals surface area contributed by atoms with E-state index in [0.717, 1.165) is 16.7 Å². The summed E-state index contributed by atoms with van der Waals surface area (Å²) in [7, 11) is 0. The average Bonchev–Trinajstić information content (AvgIpc) is 2.78. The topological polar surface area (TPSA) is 37.4 Å². The summed E-state index contributed by atoms with van der Waals surface area (Å²) >= 11 is 3.97. The number of hydrogen-bond donors (Lipinski definition) is 0. The summed E-state index contributed by atoms with van der Waals surface area (Å²) in [4.78, 5) is 25.9. The second-order valence-electron chi connectivity index (χ2n) is 4.53. The molecule has 3 rings (SSSR count). The Morgan fingerprint density at radius 2 is 1.82 bits per heavy atom. The van der Waals surface area contributed by atoms with E-state index >= 15 is 0 Å². The lowest BCUT2D eigenvalue weighted by atomic mass is 10.2. The second kappa shape index (κ2) is 6.06. The van der Waals surface area contributed by atoms with Gasteiger partial charge in [0.1, 0.15) is 5.82 Å².